The normalized spacial score (nSPS) is 10.3. The Balaban J connectivity index is 1.99. The number of hydrogen-bond acceptors (Lipinski definition) is 2. The van der Waals surface area contributed by atoms with Gasteiger partial charge in [0.2, 0.25) is 5.91 Å². The van der Waals surface area contributed by atoms with Crippen LogP contribution in [0.25, 0.3) is 0 Å². The summed E-state index contributed by atoms with van der Waals surface area (Å²) in [6, 6.07) is 11.5. The van der Waals surface area contributed by atoms with Crippen molar-refractivity contribution in [3.63, 3.8) is 0 Å². The predicted octanol–water partition coefficient (Wildman–Crippen LogP) is 5.37. The lowest BCUT2D eigenvalue weighted by molar-refractivity contribution is -0.116. The zero-order valence-corrected chi connectivity index (χ0v) is 14.7. The Hall–Kier alpha value is -2.04. The first-order valence-corrected chi connectivity index (χ1v) is 8.41. The van der Waals surface area contributed by atoms with E-state index < -0.39 is 0 Å². The minimum absolute atomic E-state index is 0.0259. The molecule has 0 atom stereocenters. The fourth-order valence-corrected chi connectivity index (χ4v) is 2.51. The number of carbonyl (C=O) groups is 2. The number of carbonyl (C=O) groups excluding carboxylic acids is 2. The maximum Gasteiger partial charge on any atom is 0.255 e. The van der Waals surface area contributed by atoms with E-state index in [0.29, 0.717) is 33.4 Å². The van der Waals surface area contributed by atoms with Gasteiger partial charge in [-0.05, 0) is 48.9 Å². The third-order valence-electron chi connectivity index (χ3n) is 3.37. The molecule has 24 heavy (non-hydrogen) atoms. The Morgan fingerprint density at radius 3 is 2.33 bits per heavy atom. The lowest BCUT2D eigenvalue weighted by atomic mass is 10.1. The van der Waals surface area contributed by atoms with Crippen LogP contribution in [0.15, 0.2) is 42.5 Å². The average Bonchev–Trinajstić information content (AvgIpc) is 2.56. The Morgan fingerprint density at radius 2 is 1.71 bits per heavy atom. The number of amides is 2. The summed E-state index contributed by atoms with van der Waals surface area (Å²) in [5.41, 5.74) is 1.62. The van der Waals surface area contributed by atoms with Crippen molar-refractivity contribution in [3.8, 4) is 0 Å². The van der Waals surface area contributed by atoms with E-state index in [2.05, 4.69) is 10.6 Å². The van der Waals surface area contributed by atoms with Crippen LogP contribution in [0.1, 0.15) is 36.5 Å². The van der Waals surface area contributed by atoms with E-state index in [4.69, 9.17) is 23.2 Å². The molecular formula is C18H18Cl2N2O2. The van der Waals surface area contributed by atoms with Gasteiger partial charge in [-0.25, -0.2) is 0 Å². The number of nitrogens with one attached hydrogen (secondary N) is 2. The zero-order chi connectivity index (χ0) is 17.5. The minimum atomic E-state index is -0.289. The van der Waals surface area contributed by atoms with Gasteiger partial charge in [0.15, 0.2) is 0 Å². The lowest BCUT2D eigenvalue weighted by Gasteiger charge is -2.09. The SMILES string of the molecule is CCCCC(=O)Nc1ccc(C(=O)Nc2ccc(Cl)cc2Cl)cc1. The highest BCUT2D eigenvalue weighted by Gasteiger charge is 2.09. The van der Waals surface area contributed by atoms with E-state index in [1.807, 2.05) is 6.92 Å². The summed E-state index contributed by atoms with van der Waals surface area (Å²) < 4.78 is 0. The zero-order valence-electron chi connectivity index (χ0n) is 13.2. The maximum absolute atomic E-state index is 12.2. The number of rotatable bonds is 6. The Morgan fingerprint density at radius 1 is 1.00 bits per heavy atom. The number of anilines is 2. The number of halogens is 2. The molecular weight excluding hydrogens is 347 g/mol. The summed E-state index contributed by atoms with van der Waals surface area (Å²) in [5, 5.41) is 6.40. The molecule has 2 amide bonds. The Bertz CT molecular complexity index is 730. The van der Waals surface area contributed by atoms with Crippen molar-refractivity contribution >= 4 is 46.4 Å². The summed E-state index contributed by atoms with van der Waals surface area (Å²) in [5.74, 6) is -0.315. The molecule has 0 bridgehead atoms. The van der Waals surface area contributed by atoms with Crippen molar-refractivity contribution in [2.45, 2.75) is 26.2 Å². The highest BCUT2D eigenvalue weighted by Crippen LogP contribution is 2.26. The molecule has 2 N–H and O–H groups in total. The van der Waals surface area contributed by atoms with Crippen LogP contribution >= 0.6 is 23.2 Å². The summed E-state index contributed by atoms with van der Waals surface area (Å²) in [7, 11) is 0. The Kier molecular flexibility index (Phi) is 6.64. The number of unbranched alkanes of at least 4 members (excludes halogenated alkanes) is 1. The molecule has 0 aliphatic rings. The van der Waals surface area contributed by atoms with Gasteiger partial charge in [-0.15, -0.1) is 0 Å². The summed E-state index contributed by atoms with van der Waals surface area (Å²) in [6.07, 6.45) is 2.32. The third-order valence-corrected chi connectivity index (χ3v) is 3.92. The van der Waals surface area contributed by atoms with E-state index in [1.165, 1.54) is 0 Å². The van der Waals surface area contributed by atoms with Crippen LogP contribution in [0.5, 0.6) is 0 Å². The second kappa shape index (κ2) is 8.71. The molecule has 0 aliphatic carbocycles. The predicted molar refractivity (Wildman–Crippen MR) is 99.0 cm³/mol. The topological polar surface area (TPSA) is 58.2 Å². The molecule has 4 nitrogen and oxygen atoms in total. The highest BCUT2D eigenvalue weighted by molar-refractivity contribution is 6.36. The van der Waals surface area contributed by atoms with E-state index in [0.717, 1.165) is 12.8 Å². The summed E-state index contributed by atoms with van der Waals surface area (Å²) >= 11 is 11.9. The molecule has 2 aromatic carbocycles. The van der Waals surface area contributed by atoms with Crippen molar-refractivity contribution in [2.24, 2.45) is 0 Å². The number of benzene rings is 2. The first kappa shape index (κ1) is 18.3. The molecule has 0 aliphatic heterocycles. The molecule has 6 heteroatoms. The molecule has 0 spiro atoms. The van der Waals surface area contributed by atoms with Crippen molar-refractivity contribution < 1.29 is 9.59 Å². The van der Waals surface area contributed by atoms with E-state index in [-0.39, 0.29) is 11.8 Å². The van der Waals surface area contributed by atoms with Crippen LogP contribution in [-0.4, -0.2) is 11.8 Å². The van der Waals surface area contributed by atoms with E-state index >= 15 is 0 Å². The van der Waals surface area contributed by atoms with Gasteiger partial charge in [-0.2, -0.15) is 0 Å². The van der Waals surface area contributed by atoms with Crippen molar-refractivity contribution in [1.82, 2.24) is 0 Å². The van der Waals surface area contributed by atoms with Crippen LogP contribution in [0.3, 0.4) is 0 Å². The van der Waals surface area contributed by atoms with Gasteiger partial charge >= 0.3 is 0 Å². The van der Waals surface area contributed by atoms with Gasteiger partial charge in [-0.1, -0.05) is 36.5 Å². The van der Waals surface area contributed by atoms with Crippen molar-refractivity contribution in [1.29, 1.82) is 0 Å². The van der Waals surface area contributed by atoms with Crippen LogP contribution in [-0.2, 0) is 4.79 Å². The van der Waals surface area contributed by atoms with Gasteiger partial charge in [0.05, 0.1) is 10.7 Å². The molecule has 126 valence electrons. The first-order chi connectivity index (χ1) is 11.5. The fraction of sp³-hybridized carbons (Fsp3) is 0.222. The molecule has 0 radical (unpaired) electrons. The van der Waals surface area contributed by atoms with Crippen LogP contribution in [0.2, 0.25) is 10.0 Å². The molecule has 0 heterocycles. The molecule has 0 saturated heterocycles. The van der Waals surface area contributed by atoms with Crippen LogP contribution in [0, 0.1) is 0 Å². The number of hydrogen-bond donors (Lipinski definition) is 2. The molecule has 2 rings (SSSR count). The van der Waals surface area contributed by atoms with Crippen molar-refractivity contribution in [2.75, 3.05) is 10.6 Å². The van der Waals surface area contributed by atoms with Gasteiger partial charge in [0.25, 0.3) is 5.91 Å². The molecule has 0 unspecified atom stereocenters. The van der Waals surface area contributed by atoms with E-state index in [1.54, 1.807) is 42.5 Å². The molecule has 0 saturated carbocycles. The standard InChI is InChI=1S/C18H18Cl2N2O2/c1-2-3-4-17(23)21-14-8-5-12(6-9-14)18(24)22-16-10-7-13(19)11-15(16)20/h5-11H,2-4H2,1H3,(H,21,23)(H,22,24). The quantitative estimate of drug-likeness (QED) is 0.723. The lowest BCUT2D eigenvalue weighted by Crippen LogP contribution is -2.13. The monoisotopic (exact) mass is 364 g/mol. The third kappa shape index (κ3) is 5.25. The minimum Gasteiger partial charge on any atom is -0.326 e. The smallest absolute Gasteiger partial charge is 0.255 e. The van der Waals surface area contributed by atoms with Gasteiger partial charge in [0.1, 0.15) is 0 Å². The fourth-order valence-electron chi connectivity index (χ4n) is 2.05. The average molecular weight is 365 g/mol. The van der Waals surface area contributed by atoms with E-state index in [9.17, 15) is 9.59 Å². The second-order valence-electron chi connectivity index (χ2n) is 5.31. The molecule has 2 aromatic rings. The van der Waals surface area contributed by atoms with Crippen LogP contribution in [0.4, 0.5) is 11.4 Å². The summed E-state index contributed by atoms with van der Waals surface area (Å²) in [6.45, 7) is 2.04. The maximum atomic E-state index is 12.2. The molecule has 0 fully saturated rings. The molecule has 0 aromatic heterocycles. The van der Waals surface area contributed by atoms with Gasteiger partial charge in [-0.3, -0.25) is 9.59 Å². The second-order valence-corrected chi connectivity index (χ2v) is 6.15. The first-order valence-electron chi connectivity index (χ1n) is 7.66. The van der Waals surface area contributed by atoms with Gasteiger partial charge in [0, 0.05) is 22.7 Å². The Labute approximate surface area is 151 Å². The highest BCUT2D eigenvalue weighted by atomic mass is 35.5. The summed E-state index contributed by atoms with van der Waals surface area (Å²) in [4.78, 5) is 23.9. The van der Waals surface area contributed by atoms with Crippen LogP contribution < -0.4 is 10.6 Å². The van der Waals surface area contributed by atoms with Gasteiger partial charge < -0.3 is 10.6 Å². The largest absolute Gasteiger partial charge is 0.326 e. The van der Waals surface area contributed by atoms with Crippen molar-refractivity contribution in [3.05, 3.63) is 58.1 Å².